The topological polar surface area (TPSA) is 27.1 Å². The van der Waals surface area contributed by atoms with E-state index in [1.54, 1.807) is 0 Å². The summed E-state index contributed by atoms with van der Waals surface area (Å²) < 4.78 is 9.08. The van der Waals surface area contributed by atoms with Crippen molar-refractivity contribution in [2.75, 3.05) is 6.61 Å². The van der Waals surface area contributed by atoms with Gasteiger partial charge in [0.05, 0.1) is 11.7 Å². The highest BCUT2D eigenvalue weighted by Crippen LogP contribution is 2.33. The minimum Gasteiger partial charge on any atom is -0.356 e. The van der Waals surface area contributed by atoms with E-state index in [-0.39, 0.29) is 6.23 Å². The summed E-state index contributed by atoms with van der Waals surface area (Å²) in [6.45, 7) is 5.29. The fourth-order valence-corrected chi connectivity index (χ4v) is 3.26. The number of fused-ring (bicyclic) bond motifs is 1. The lowest BCUT2D eigenvalue weighted by molar-refractivity contribution is -0.0367. The molecule has 1 aromatic carbocycles. The zero-order valence-electron chi connectivity index (χ0n) is 11.4. The quantitative estimate of drug-likeness (QED) is 0.806. The Kier molecular flexibility index (Phi) is 3.63. The number of ether oxygens (including phenoxy) is 1. The summed E-state index contributed by atoms with van der Waals surface area (Å²) >= 11 is 3.59. The molecule has 2 heterocycles. The second kappa shape index (κ2) is 5.25. The normalized spacial score (nSPS) is 20.3. The number of aromatic nitrogens is 2. The van der Waals surface area contributed by atoms with Gasteiger partial charge in [-0.2, -0.15) is 5.10 Å². The van der Waals surface area contributed by atoms with E-state index in [4.69, 9.17) is 4.74 Å². The number of hydrogen-bond acceptors (Lipinski definition) is 2. The molecule has 3 rings (SSSR count). The molecule has 0 saturated carbocycles. The lowest BCUT2D eigenvalue weighted by atomic mass is 10.0. The maximum Gasteiger partial charge on any atom is 0.150 e. The molecule has 4 heteroatoms. The Labute approximate surface area is 122 Å². The van der Waals surface area contributed by atoms with Gasteiger partial charge in [0.1, 0.15) is 0 Å². The third kappa shape index (κ3) is 2.43. The zero-order chi connectivity index (χ0) is 13.4. The Morgan fingerprint density at radius 1 is 1.37 bits per heavy atom. The van der Waals surface area contributed by atoms with Crippen molar-refractivity contribution in [3.05, 3.63) is 28.4 Å². The molecule has 19 heavy (non-hydrogen) atoms. The molecule has 1 saturated heterocycles. The van der Waals surface area contributed by atoms with Crippen LogP contribution in [0.3, 0.4) is 0 Å². The van der Waals surface area contributed by atoms with Crippen LogP contribution in [0, 0.1) is 0 Å². The number of halogens is 1. The Bertz CT molecular complexity index is 585. The standard InChI is InChI=1S/C15H19BrN2O/c1-10(2)13-8-12(16)7-11-9-17-18(15(11)13)14-5-3-4-6-19-14/h7-10,14H,3-6H2,1-2H3. The smallest absolute Gasteiger partial charge is 0.150 e. The van der Waals surface area contributed by atoms with Crippen LogP contribution in [0.1, 0.15) is 50.8 Å². The van der Waals surface area contributed by atoms with Crippen molar-refractivity contribution < 1.29 is 4.74 Å². The Balaban J connectivity index is 2.14. The highest BCUT2D eigenvalue weighted by atomic mass is 79.9. The molecule has 1 unspecified atom stereocenters. The average Bonchev–Trinajstić information content (AvgIpc) is 2.82. The predicted octanol–water partition coefficient (Wildman–Crippen LogP) is 4.62. The van der Waals surface area contributed by atoms with Gasteiger partial charge in [-0.3, -0.25) is 0 Å². The summed E-state index contributed by atoms with van der Waals surface area (Å²) in [7, 11) is 0. The van der Waals surface area contributed by atoms with E-state index in [2.05, 4.69) is 51.7 Å². The van der Waals surface area contributed by atoms with Crippen molar-refractivity contribution in [2.45, 2.75) is 45.3 Å². The highest BCUT2D eigenvalue weighted by Gasteiger charge is 2.21. The van der Waals surface area contributed by atoms with Crippen LogP contribution in [0.4, 0.5) is 0 Å². The summed E-state index contributed by atoms with van der Waals surface area (Å²) in [5.41, 5.74) is 2.56. The van der Waals surface area contributed by atoms with Gasteiger partial charge in [0, 0.05) is 16.5 Å². The molecule has 0 N–H and O–H groups in total. The van der Waals surface area contributed by atoms with Gasteiger partial charge in [-0.15, -0.1) is 0 Å². The molecule has 1 aliphatic heterocycles. The van der Waals surface area contributed by atoms with Gasteiger partial charge >= 0.3 is 0 Å². The maximum absolute atomic E-state index is 5.88. The summed E-state index contributed by atoms with van der Waals surface area (Å²) in [6.07, 6.45) is 5.50. The van der Waals surface area contributed by atoms with Crippen LogP contribution in [-0.4, -0.2) is 16.4 Å². The van der Waals surface area contributed by atoms with E-state index in [9.17, 15) is 0 Å². The first-order valence-corrected chi connectivity index (χ1v) is 7.74. The van der Waals surface area contributed by atoms with E-state index in [0.717, 1.165) is 23.9 Å². The summed E-state index contributed by atoms with van der Waals surface area (Å²) in [5, 5.41) is 5.76. The molecule has 102 valence electrons. The van der Waals surface area contributed by atoms with Crippen molar-refractivity contribution in [3.8, 4) is 0 Å². The first-order chi connectivity index (χ1) is 9.16. The second-order valence-corrected chi connectivity index (χ2v) is 6.41. The molecular formula is C15H19BrN2O. The number of hydrogen-bond donors (Lipinski definition) is 0. The Morgan fingerprint density at radius 2 is 2.21 bits per heavy atom. The van der Waals surface area contributed by atoms with Crippen LogP contribution in [0.15, 0.2) is 22.8 Å². The largest absolute Gasteiger partial charge is 0.356 e. The first-order valence-electron chi connectivity index (χ1n) is 6.95. The van der Waals surface area contributed by atoms with Crippen LogP contribution in [-0.2, 0) is 4.74 Å². The molecule has 0 radical (unpaired) electrons. The lowest BCUT2D eigenvalue weighted by Crippen LogP contribution is -2.19. The van der Waals surface area contributed by atoms with Crippen molar-refractivity contribution in [3.63, 3.8) is 0 Å². The minimum absolute atomic E-state index is 0.102. The first kappa shape index (κ1) is 13.1. The van der Waals surface area contributed by atoms with Crippen LogP contribution in [0.25, 0.3) is 10.9 Å². The van der Waals surface area contributed by atoms with Gasteiger partial charge in [-0.1, -0.05) is 29.8 Å². The fraction of sp³-hybridized carbons (Fsp3) is 0.533. The van der Waals surface area contributed by atoms with Crippen LogP contribution in [0.5, 0.6) is 0 Å². The lowest BCUT2D eigenvalue weighted by Gasteiger charge is -2.24. The predicted molar refractivity (Wildman–Crippen MR) is 80.4 cm³/mol. The van der Waals surface area contributed by atoms with Crippen LogP contribution >= 0.6 is 15.9 Å². The molecule has 0 aliphatic carbocycles. The van der Waals surface area contributed by atoms with E-state index in [1.807, 2.05) is 6.20 Å². The summed E-state index contributed by atoms with van der Waals surface area (Å²) in [4.78, 5) is 0. The molecule has 1 aliphatic rings. The number of nitrogens with zero attached hydrogens (tertiary/aromatic N) is 2. The van der Waals surface area contributed by atoms with E-state index in [1.165, 1.54) is 22.9 Å². The molecule has 2 aromatic rings. The third-order valence-corrected chi connectivity index (χ3v) is 4.19. The van der Waals surface area contributed by atoms with E-state index >= 15 is 0 Å². The molecular weight excluding hydrogens is 304 g/mol. The molecule has 1 fully saturated rings. The van der Waals surface area contributed by atoms with Gasteiger partial charge in [0.25, 0.3) is 0 Å². The van der Waals surface area contributed by atoms with Gasteiger partial charge in [0.15, 0.2) is 6.23 Å². The molecule has 1 aromatic heterocycles. The summed E-state index contributed by atoms with van der Waals surface area (Å²) in [5.74, 6) is 0.471. The number of benzene rings is 1. The van der Waals surface area contributed by atoms with Gasteiger partial charge in [-0.25, -0.2) is 4.68 Å². The maximum atomic E-state index is 5.88. The molecule has 3 nitrogen and oxygen atoms in total. The van der Waals surface area contributed by atoms with E-state index in [0.29, 0.717) is 5.92 Å². The van der Waals surface area contributed by atoms with Crippen molar-refractivity contribution in [2.24, 2.45) is 0 Å². The van der Waals surface area contributed by atoms with Crippen molar-refractivity contribution in [1.29, 1.82) is 0 Å². The SMILES string of the molecule is CC(C)c1cc(Br)cc2cnn(C3CCCCO3)c12. The Hall–Kier alpha value is -0.870. The molecule has 1 atom stereocenters. The van der Waals surface area contributed by atoms with Gasteiger partial charge < -0.3 is 4.74 Å². The summed E-state index contributed by atoms with van der Waals surface area (Å²) in [6, 6.07) is 4.33. The number of rotatable bonds is 2. The van der Waals surface area contributed by atoms with Crippen LogP contribution in [0.2, 0.25) is 0 Å². The Morgan fingerprint density at radius 3 is 2.89 bits per heavy atom. The van der Waals surface area contributed by atoms with Gasteiger partial charge in [0.2, 0.25) is 0 Å². The van der Waals surface area contributed by atoms with Crippen molar-refractivity contribution >= 4 is 26.8 Å². The average molecular weight is 323 g/mol. The van der Waals surface area contributed by atoms with Gasteiger partial charge in [-0.05, 0) is 42.9 Å². The van der Waals surface area contributed by atoms with E-state index < -0.39 is 0 Å². The van der Waals surface area contributed by atoms with Crippen LogP contribution < -0.4 is 0 Å². The minimum atomic E-state index is 0.102. The highest BCUT2D eigenvalue weighted by molar-refractivity contribution is 9.10. The molecule has 0 amide bonds. The van der Waals surface area contributed by atoms with Crippen molar-refractivity contribution in [1.82, 2.24) is 9.78 Å². The molecule has 0 spiro atoms. The zero-order valence-corrected chi connectivity index (χ0v) is 13.0. The fourth-order valence-electron chi connectivity index (χ4n) is 2.76. The third-order valence-electron chi connectivity index (χ3n) is 3.73. The second-order valence-electron chi connectivity index (χ2n) is 5.50. The molecule has 0 bridgehead atoms. The monoisotopic (exact) mass is 322 g/mol.